The van der Waals surface area contributed by atoms with Crippen molar-refractivity contribution in [2.45, 2.75) is 6.42 Å². The third kappa shape index (κ3) is 3.90. The molecule has 2 N–H and O–H groups in total. The van der Waals surface area contributed by atoms with Gasteiger partial charge in [0.25, 0.3) is 5.91 Å². The summed E-state index contributed by atoms with van der Waals surface area (Å²) in [6, 6.07) is 21.3. The normalized spacial score (nSPS) is 16.4. The van der Waals surface area contributed by atoms with Crippen LogP contribution in [-0.4, -0.2) is 31.1 Å². The summed E-state index contributed by atoms with van der Waals surface area (Å²) >= 11 is 0. The van der Waals surface area contributed by atoms with Crippen LogP contribution in [0.15, 0.2) is 77.2 Å². The molecule has 9 nitrogen and oxygen atoms in total. The topological polar surface area (TPSA) is 110 Å². The van der Waals surface area contributed by atoms with E-state index in [1.54, 1.807) is 47.4 Å². The van der Waals surface area contributed by atoms with Gasteiger partial charge < -0.3 is 29.4 Å². The maximum atomic E-state index is 13.2. The van der Waals surface area contributed by atoms with Crippen molar-refractivity contribution in [3.63, 3.8) is 0 Å². The summed E-state index contributed by atoms with van der Waals surface area (Å²) in [5, 5.41) is 6.23. The zero-order valence-electron chi connectivity index (χ0n) is 19.0. The summed E-state index contributed by atoms with van der Waals surface area (Å²) in [4.78, 5) is 40.7. The van der Waals surface area contributed by atoms with Crippen LogP contribution in [0.2, 0.25) is 0 Å². The Balaban J connectivity index is 1.25. The van der Waals surface area contributed by atoms with Crippen LogP contribution in [0.5, 0.6) is 11.5 Å². The molecule has 0 aliphatic carbocycles. The standard InChI is InChI=1S/C27H21N3O6/c31-23-12-16(14-30(23)18-6-2-1-3-7-18)26(32)29-24-19-8-4-5-9-20(19)36-25(24)27(33)28-17-10-11-21-22(13-17)35-15-34-21/h1-11,13,16H,12,14-15H2,(H,28,33)(H,29,32)/t16-/m1/s1. The second-order valence-electron chi connectivity index (χ2n) is 8.55. The smallest absolute Gasteiger partial charge is 0.293 e. The second-order valence-corrected chi connectivity index (χ2v) is 8.55. The molecule has 1 saturated heterocycles. The Morgan fingerprint density at radius 2 is 1.67 bits per heavy atom. The third-order valence-corrected chi connectivity index (χ3v) is 6.24. The van der Waals surface area contributed by atoms with Gasteiger partial charge >= 0.3 is 0 Å². The minimum absolute atomic E-state index is 0.0357. The lowest BCUT2D eigenvalue weighted by Gasteiger charge is -2.16. The molecule has 1 aromatic heterocycles. The highest BCUT2D eigenvalue weighted by Gasteiger charge is 2.36. The Bertz CT molecular complexity index is 1500. The van der Waals surface area contributed by atoms with Crippen molar-refractivity contribution in [1.29, 1.82) is 0 Å². The van der Waals surface area contributed by atoms with Gasteiger partial charge in [-0.05, 0) is 36.4 Å². The van der Waals surface area contributed by atoms with Crippen molar-refractivity contribution in [2.75, 3.05) is 28.9 Å². The molecule has 3 amide bonds. The first-order valence-corrected chi connectivity index (χ1v) is 11.5. The zero-order valence-corrected chi connectivity index (χ0v) is 19.0. The van der Waals surface area contributed by atoms with E-state index in [-0.39, 0.29) is 43.0 Å². The van der Waals surface area contributed by atoms with Crippen LogP contribution in [0, 0.1) is 5.92 Å². The van der Waals surface area contributed by atoms with Crippen LogP contribution in [0.3, 0.4) is 0 Å². The molecule has 6 rings (SSSR count). The molecule has 9 heteroatoms. The summed E-state index contributed by atoms with van der Waals surface area (Å²) in [6.07, 6.45) is 0.0786. The highest BCUT2D eigenvalue weighted by Crippen LogP contribution is 2.36. The average molecular weight is 483 g/mol. The number of rotatable bonds is 5. The third-order valence-electron chi connectivity index (χ3n) is 6.24. The Morgan fingerprint density at radius 3 is 2.53 bits per heavy atom. The number of fused-ring (bicyclic) bond motifs is 2. The lowest BCUT2D eigenvalue weighted by atomic mass is 10.1. The predicted molar refractivity (Wildman–Crippen MR) is 132 cm³/mol. The van der Waals surface area contributed by atoms with E-state index >= 15 is 0 Å². The van der Waals surface area contributed by atoms with E-state index in [9.17, 15) is 14.4 Å². The zero-order chi connectivity index (χ0) is 24.6. The summed E-state index contributed by atoms with van der Waals surface area (Å²) in [7, 11) is 0. The molecule has 180 valence electrons. The fourth-order valence-electron chi connectivity index (χ4n) is 4.46. The van der Waals surface area contributed by atoms with Gasteiger partial charge in [-0.15, -0.1) is 0 Å². The summed E-state index contributed by atoms with van der Waals surface area (Å²) in [6.45, 7) is 0.376. The van der Waals surface area contributed by atoms with Crippen LogP contribution >= 0.6 is 0 Å². The molecule has 1 atom stereocenters. The van der Waals surface area contributed by atoms with Crippen LogP contribution in [-0.2, 0) is 9.59 Å². The number of hydrogen-bond acceptors (Lipinski definition) is 6. The molecule has 2 aliphatic rings. The quantitative estimate of drug-likeness (QED) is 0.435. The minimum atomic E-state index is -0.573. The Morgan fingerprint density at radius 1 is 0.889 bits per heavy atom. The number of ether oxygens (including phenoxy) is 2. The maximum Gasteiger partial charge on any atom is 0.293 e. The van der Waals surface area contributed by atoms with Crippen molar-refractivity contribution in [3.05, 3.63) is 78.6 Å². The van der Waals surface area contributed by atoms with E-state index in [0.29, 0.717) is 28.2 Å². The maximum absolute atomic E-state index is 13.2. The van der Waals surface area contributed by atoms with Gasteiger partial charge in [-0.2, -0.15) is 0 Å². The van der Waals surface area contributed by atoms with Crippen molar-refractivity contribution in [3.8, 4) is 11.5 Å². The second kappa shape index (κ2) is 8.77. The number of carbonyl (C=O) groups is 3. The molecule has 1 fully saturated rings. The van der Waals surface area contributed by atoms with Crippen LogP contribution < -0.4 is 25.0 Å². The number of carbonyl (C=O) groups excluding carboxylic acids is 3. The number of hydrogen-bond donors (Lipinski definition) is 2. The minimum Gasteiger partial charge on any atom is -0.454 e. The lowest BCUT2D eigenvalue weighted by Crippen LogP contribution is -2.28. The van der Waals surface area contributed by atoms with E-state index < -0.39 is 11.8 Å². The van der Waals surface area contributed by atoms with Gasteiger partial charge in [0.2, 0.25) is 24.4 Å². The highest BCUT2D eigenvalue weighted by molar-refractivity contribution is 6.15. The molecule has 0 spiro atoms. The van der Waals surface area contributed by atoms with Gasteiger partial charge in [0.15, 0.2) is 11.5 Å². The molecule has 36 heavy (non-hydrogen) atoms. The fourth-order valence-corrected chi connectivity index (χ4v) is 4.46. The Labute approximate surface area is 205 Å². The first-order valence-electron chi connectivity index (χ1n) is 11.5. The van der Waals surface area contributed by atoms with E-state index in [4.69, 9.17) is 13.9 Å². The van der Waals surface area contributed by atoms with Crippen LogP contribution in [0.1, 0.15) is 17.0 Å². The summed E-state index contributed by atoms with van der Waals surface area (Å²) in [5.74, 6) is -0.499. The fraction of sp³-hybridized carbons (Fsp3) is 0.148. The monoisotopic (exact) mass is 483 g/mol. The number of amides is 3. The molecule has 0 bridgehead atoms. The number of anilines is 3. The van der Waals surface area contributed by atoms with Gasteiger partial charge in [0.1, 0.15) is 11.3 Å². The van der Waals surface area contributed by atoms with E-state index in [2.05, 4.69) is 10.6 Å². The number of nitrogens with zero attached hydrogens (tertiary/aromatic N) is 1. The van der Waals surface area contributed by atoms with Crippen LogP contribution in [0.25, 0.3) is 11.0 Å². The average Bonchev–Trinajstić information content (AvgIpc) is 3.61. The van der Waals surface area contributed by atoms with E-state index in [1.807, 2.05) is 30.3 Å². The molecule has 0 saturated carbocycles. The predicted octanol–water partition coefficient (Wildman–Crippen LogP) is 4.41. The number of para-hydroxylation sites is 2. The lowest BCUT2D eigenvalue weighted by molar-refractivity contribution is -0.122. The number of benzene rings is 3. The molecule has 3 aromatic carbocycles. The molecule has 2 aliphatic heterocycles. The largest absolute Gasteiger partial charge is 0.454 e. The van der Waals surface area contributed by atoms with Crippen LogP contribution in [0.4, 0.5) is 17.1 Å². The summed E-state index contributed by atoms with van der Waals surface area (Å²) < 4.78 is 16.5. The molecule has 0 unspecified atom stereocenters. The Hall–Kier alpha value is -4.79. The number of nitrogens with one attached hydrogen (secondary N) is 2. The van der Waals surface area contributed by atoms with Crippen molar-refractivity contribution < 1.29 is 28.3 Å². The van der Waals surface area contributed by atoms with Gasteiger partial charge in [0.05, 0.1) is 5.92 Å². The van der Waals surface area contributed by atoms with Gasteiger partial charge in [-0.25, -0.2) is 0 Å². The molecular weight excluding hydrogens is 462 g/mol. The first kappa shape index (κ1) is 21.7. The van der Waals surface area contributed by atoms with E-state index in [0.717, 1.165) is 5.69 Å². The molecule has 4 aromatic rings. The van der Waals surface area contributed by atoms with Gasteiger partial charge in [-0.3, -0.25) is 14.4 Å². The molecule has 3 heterocycles. The summed E-state index contributed by atoms with van der Waals surface area (Å²) in [5.41, 5.74) is 1.95. The van der Waals surface area contributed by atoms with Crippen molar-refractivity contribution in [1.82, 2.24) is 0 Å². The van der Waals surface area contributed by atoms with E-state index in [1.165, 1.54) is 0 Å². The number of furan rings is 1. The SMILES string of the molecule is O=C(Nc1ccc2c(c1)OCO2)c1oc2ccccc2c1NC(=O)[C@@H]1CC(=O)N(c2ccccc2)C1. The first-order chi connectivity index (χ1) is 17.6. The molecule has 0 radical (unpaired) electrons. The van der Waals surface area contributed by atoms with Gasteiger partial charge in [-0.1, -0.05) is 30.3 Å². The van der Waals surface area contributed by atoms with Gasteiger partial charge in [0, 0.05) is 35.8 Å². The van der Waals surface area contributed by atoms with Crippen molar-refractivity contribution >= 4 is 45.8 Å². The molecular formula is C27H21N3O6. The Kier molecular flexibility index (Phi) is 5.29. The highest BCUT2D eigenvalue weighted by atomic mass is 16.7. The van der Waals surface area contributed by atoms with Crippen molar-refractivity contribution in [2.24, 2.45) is 5.92 Å².